The third-order valence-electron chi connectivity index (χ3n) is 8.07. The number of alkyl halides is 3. The molecule has 0 saturated heterocycles. The molecule has 2 aromatic carbocycles. The Labute approximate surface area is 258 Å². The smallest absolute Gasteiger partial charge is 0.421 e. The maximum Gasteiger partial charge on any atom is 0.421 e. The summed E-state index contributed by atoms with van der Waals surface area (Å²) in [6.07, 6.45) is -0.865. The van der Waals surface area contributed by atoms with Gasteiger partial charge in [-0.15, -0.1) is 0 Å². The largest absolute Gasteiger partial charge is 0.495 e. The Bertz CT molecular complexity index is 1620. The quantitative estimate of drug-likeness (QED) is 0.184. The summed E-state index contributed by atoms with van der Waals surface area (Å²) < 4.78 is 64.8. The second-order valence-corrected chi connectivity index (χ2v) is 12.9. The summed E-state index contributed by atoms with van der Waals surface area (Å²) in [5.41, 5.74) is 1.80. The first kappa shape index (κ1) is 32.7. The fourth-order valence-electron chi connectivity index (χ4n) is 6.01. The molecule has 45 heavy (non-hydrogen) atoms. The van der Waals surface area contributed by atoms with Crippen molar-refractivity contribution in [3.05, 3.63) is 64.3 Å². The number of benzene rings is 2. The molecule has 3 aromatic rings. The van der Waals surface area contributed by atoms with E-state index in [2.05, 4.69) is 20.6 Å². The van der Waals surface area contributed by atoms with Crippen LogP contribution in [0.15, 0.2) is 36.5 Å². The Hall–Kier alpha value is -3.71. The molecule has 242 valence electrons. The van der Waals surface area contributed by atoms with Crippen LogP contribution in [-0.4, -0.2) is 57.4 Å². The summed E-state index contributed by atoms with van der Waals surface area (Å²) in [4.78, 5) is 41.4. The summed E-state index contributed by atoms with van der Waals surface area (Å²) in [5, 5.41) is 5.59. The number of carbonyl (C=O) groups excluding carboxylic acids is 1. The Balaban J connectivity index is 1.47. The van der Waals surface area contributed by atoms with Gasteiger partial charge in [-0.3, -0.25) is 9.36 Å². The van der Waals surface area contributed by atoms with Gasteiger partial charge in [0, 0.05) is 26.4 Å². The van der Waals surface area contributed by atoms with Crippen LogP contribution in [0.2, 0.25) is 0 Å². The Morgan fingerprint density at radius 2 is 1.80 bits per heavy atom. The van der Waals surface area contributed by atoms with Gasteiger partial charge in [-0.1, -0.05) is 12.1 Å². The summed E-state index contributed by atoms with van der Waals surface area (Å²) in [6.45, 7) is 2.98. The average molecular weight is 650 g/mol. The van der Waals surface area contributed by atoms with Gasteiger partial charge in [0.15, 0.2) is 0 Å². The van der Waals surface area contributed by atoms with Gasteiger partial charge in [0.1, 0.15) is 17.1 Å². The van der Waals surface area contributed by atoms with E-state index in [0.717, 1.165) is 36.8 Å². The van der Waals surface area contributed by atoms with Crippen LogP contribution in [0, 0.1) is 0 Å². The fraction of sp³-hybridized carbons (Fsp3) is 0.433. The number of halogens is 3. The molecule has 0 bridgehead atoms. The summed E-state index contributed by atoms with van der Waals surface area (Å²) in [5.74, 6) is -0.650. The molecule has 0 spiro atoms. The van der Waals surface area contributed by atoms with E-state index in [4.69, 9.17) is 9.47 Å². The van der Waals surface area contributed by atoms with Crippen molar-refractivity contribution in [2.24, 2.45) is 0 Å². The van der Waals surface area contributed by atoms with Gasteiger partial charge in [-0.05, 0) is 73.4 Å². The Morgan fingerprint density at radius 3 is 2.44 bits per heavy atom. The SMILES string of the molecule is CCO[C@H]1CC[C@@H](c2ccc(Nc3nc(Nc4ccc(CP(=O)(O)O)cc4OC)ncc3C(F)(F)F)c3c2CN(C)C3=O)CC1. The Morgan fingerprint density at radius 1 is 1.09 bits per heavy atom. The highest BCUT2D eigenvalue weighted by molar-refractivity contribution is 7.50. The lowest BCUT2D eigenvalue weighted by molar-refractivity contribution is -0.137. The molecule has 1 aromatic heterocycles. The molecule has 11 nitrogen and oxygen atoms in total. The molecular weight excluding hydrogens is 614 g/mol. The number of nitrogens with one attached hydrogen (secondary N) is 2. The average Bonchev–Trinajstić information content (AvgIpc) is 3.27. The first-order chi connectivity index (χ1) is 21.3. The second-order valence-electron chi connectivity index (χ2n) is 11.2. The predicted molar refractivity (Wildman–Crippen MR) is 161 cm³/mol. The first-order valence-electron chi connectivity index (χ1n) is 14.5. The molecule has 2 aliphatic rings. The zero-order chi connectivity index (χ0) is 32.5. The van der Waals surface area contributed by atoms with E-state index in [1.165, 1.54) is 25.3 Å². The van der Waals surface area contributed by atoms with Crippen LogP contribution in [0.3, 0.4) is 0 Å². The molecule has 15 heteroatoms. The molecule has 1 aliphatic heterocycles. The number of amides is 1. The van der Waals surface area contributed by atoms with Gasteiger partial charge in [0.05, 0.1) is 36.3 Å². The lowest BCUT2D eigenvalue weighted by atomic mass is 9.80. The minimum atomic E-state index is -4.80. The maximum atomic E-state index is 14.1. The van der Waals surface area contributed by atoms with Gasteiger partial charge in [-0.25, -0.2) is 4.98 Å². The second kappa shape index (κ2) is 13.0. The number of rotatable bonds is 10. The number of ether oxygens (including phenoxy) is 2. The van der Waals surface area contributed by atoms with Crippen LogP contribution in [0.1, 0.15) is 71.1 Å². The van der Waals surface area contributed by atoms with E-state index in [9.17, 15) is 32.3 Å². The van der Waals surface area contributed by atoms with Crippen LogP contribution >= 0.6 is 7.60 Å². The van der Waals surface area contributed by atoms with E-state index in [0.29, 0.717) is 30.5 Å². The molecule has 0 atom stereocenters. The third-order valence-corrected chi connectivity index (χ3v) is 8.85. The standard InChI is InChI=1S/C30H35F3N5O6P/c1-4-44-19-8-6-18(7-9-19)20-10-12-24(26-21(20)15-38(2)28(26)39)35-27-22(30(31,32)33)14-34-29(37-27)36-23-11-5-17(13-25(23)43-3)16-45(40,41)42/h5,10-14,18-19H,4,6-9,15-16H2,1-3H3,(H2,40,41,42)(H2,34,35,36,37)/t18-,19+. The summed E-state index contributed by atoms with van der Waals surface area (Å²) in [7, 11) is -1.34. The molecule has 1 aliphatic carbocycles. The highest BCUT2D eigenvalue weighted by Gasteiger charge is 2.37. The van der Waals surface area contributed by atoms with Crippen molar-refractivity contribution < 1.29 is 41.8 Å². The number of fused-ring (bicyclic) bond motifs is 1. The van der Waals surface area contributed by atoms with Gasteiger partial charge >= 0.3 is 13.8 Å². The van der Waals surface area contributed by atoms with E-state index in [1.807, 2.05) is 13.0 Å². The van der Waals surface area contributed by atoms with Crippen molar-refractivity contribution in [3.63, 3.8) is 0 Å². The van der Waals surface area contributed by atoms with Gasteiger partial charge < -0.3 is 34.8 Å². The van der Waals surface area contributed by atoms with Crippen molar-refractivity contribution in [1.29, 1.82) is 0 Å². The van der Waals surface area contributed by atoms with Crippen LogP contribution in [0.5, 0.6) is 5.75 Å². The minimum absolute atomic E-state index is 0.177. The lowest BCUT2D eigenvalue weighted by Gasteiger charge is -2.30. The molecular formula is C30H35F3N5O6P. The number of methoxy groups -OCH3 is 1. The molecule has 1 amide bonds. The van der Waals surface area contributed by atoms with Gasteiger partial charge in [0.2, 0.25) is 5.95 Å². The van der Waals surface area contributed by atoms with Crippen molar-refractivity contribution in [2.75, 3.05) is 31.4 Å². The number of hydrogen-bond donors (Lipinski definition) is 4. The molecule has 0 radical (unpaired) electrons. The highest BCUT2D eigenvalue weighted by atomic mass is 31.2. The van der Waals surface area contributed by atoms with Crippen LogP contribution in [-0.2, 0) is 28.2 Å². The zero-order valence-corrected chi connectivity index (χ0v) is 25.9. The number of anilines is 4. The summed E-state index contributed by atoms with van der Waals surface area (Å²) >= 11 is 0. The van der Waals surface area contributed by atoms with Crippen molar-refractivity contribution in [3.8, 4) is 5.75 Å². The van der Waals surface area contributed by atoms with E-state index in [1.54, 1.807) is 18.0 Å². The fourth-order valence-corrected chi connectivity index (χ4v) is 6.68. The number of aromatic nitrogens is 2. The van der Waals surface area contributed by atoms with Crippen molar-refractivity contribution >= 4 is 36.6 Å². The third kappa shape index (κ3) is 7.41. The first-order valence-corrected chi connectivity index (χ1v) is 16.3. The van der Waals surface area contributed by atoms with Crippen molar-refractivity contribution in [2.45, 2.75) is 63.5 Å². The predicted octanol–water partition coefficient (Wildman–Crippen LogP) is 6.32. The van der Waals surface area contributed by atoms with Crippen LogP contribution in [0.4, 0.5) is 36.3 Å². The zero-order valence-electron chi connectivity index (χ0n) is 25.0. The molecule has 1 fully saturated rings. The summed E-state index contributed by atoms with van der Waals surface area (Å²) in [6, 6.07) is 7.83. The number of nitrogens with zero attached hydrogens (tertiary/aromatic N) is 3. The molecule has 2 heterocycles. The molecule has 0 unspecified atom stereocenters. The van der Waals surface area contributed by atoms with E-state index in [-0.39, 0.29) is 41.0 Å². The van der Waals surface area contributed by atoms with E-state index < -0.39 is 31.3 Å². The normalized spacial score (nSPS) is 18.6. The molecule has 1 saturated carbocycles. The number of carbonyl (C=O) groups is 1. The van der Waals surface area contributed by atoms with Gasteiger partial charge in [0.25, 0.3) is 5.91 Å². The highest BCUT2D eigenvalue weighted by Crippen LogP contribution is 2.44. The topological polar surface area (TPSA) is 146 Å². The monoisotopic (exact) mass is 649 g/mol. The minimum Gasteiger partial charge on any atom is -0.495 e. The van der Waals surface area contributed by atoms with Gasteiger partial charge in [-0.2, -0.15) is 18.2 Å². The number of hydrogen-bond acceptors (Lipinski definition) is 8. The lowest BCUT2D eigenvalue weighted by Crippen LogP contribution is -2.21. The van der Waals surface area contributed by atoms with Crippen LogP contribution in [0.25, 0.3) is 0 Å². The van der Waals surface area contributed by atoms with E-state index >= 15 is 0 Å². The molecule has 5 rings (SSSR count). The van der Waals surface area contributed by atoms with Crippen molar-refractivity contribution in [1.82, 2.24) is 14.9 Å². The Kier molecular flexibility index (Phi) is 9.41. The molecule has 4 N–H and O–H groups in total. The van der Waals surface area contributed by atoms with Crippen LogP contribution < -0.4 is 15.4 Å². The maximum absolute atomic E-state index is 14.1.